The number of carbonyl (C=O) groups excluding carboxylic acids is 1. The SMILES string of the molecule is CC(C)(C)OC(=O)NNC1(C(=O)O)CCC(c2ccccc2)CC1. The maximum atomic E-state index is 11.8. The number of hydrogen-bond donors (Lipinski definition) is 3. The predicted molar refractivity (Wildman–Crippen MR) is 90.5 cm³/mol. The summed E-state index contributed by atoms with van der Waals surface area (Å²) in [7, 11) is 0. The predicted octanol–water partition coefficient (Wildman–Crippen LogP) is 3.20. The van der Waals surface area contributed by atoms with E-state index in [-0.39, 0.29) is 0 Å². The first-order valence-corrected chi connectivity index (χ1v) is 8.26. The van der Waals surface area contributed by atoms with Crippen molar-refractivity contribution in [3.63, 3.8) is 0 Å². The molecule has 2 rings (SSSR count). The van der Waals surface area contributed by atoms with Gasteiger partial charge in [-0.15, -0.1) is 0 Å². The molecule has 1 aromatic rings. The van der Waals surface area contributed by atoms with Crippen molar-refractivity contribution in [3.05, 3.63) is 35.9 Å². The summed E-state index contributed by atoms with van der Waals surface area (Å²) in [5, 5.41) is 9.64. The smallest absolute Gasteiger partial charge is 0.422 e. The van der Waals surface area contributed by atoms with Gasteiger partial charge in [0.25, 0.3) is 0 Å². The van der Waals surface area contributed by atoms with Crippen molar-refractivity contribution in [1.29, 1.82) is 0 Å². The van der Waals surface area contributed by atoms with E-state index in [1.807, 2.05) is 18.2 Å². The van der Waals surface area contributed by atoms with E-state index >= 15 is 0 Å². The number of nitrogens with one attached hydrogen (secondary N) is 2. The minimum Gasteiger partial charge on any atom is -0.480 e. The number of aliphatic carboxylic acids is 1. The molecule has 6 nitrogen and oxygen atoms in total. The third kappa shape index (κ3) is 4.71. The Morgan fingerprint density at radius 1 is 1.17 bits per heavy atom. The summed E-state index contributed by atoms with van der Waals surface area (Å²) < 4.78 is 5.14. The Bertz CT molecular complexity index is 572. The maximum Gasteiger partial charge on any atom is 0.422 e. The Hall–Kier alpha value is -2.08. The van der Waals surface area contributed by atoms with E-state index in [9.17, 15) is 14.7 Å². The summed E-state index contributed by atoms with van der Waals surface area (Å²) in [5.74, 6) is -0.605. The van der Waals surface area contributed by atoms with E-state index in [1.54, 1.807) is 20.8 Å². The molecule has 0 unspecified atom stereocenters. The van der Waals surface area contributed by atoms with Crippen LogP contribution in [0.3, 0.4) is 0 Å². The molecule has 0 bridgehead atoms. The average molecular weight is 334 g/mol. The van der Waals surface area contributed by atoms with Gasteiger partial charge in [0.2, 0.25) is 0 Å². The van der Waals surface area contributed by atoms with Gasteiger partial charge in [0.15, 0.2) is 0 Å². The zero-order chi connectivity index (χ0) is 17.8. The van der Waals surface area contributed by atoms with Crippen molar-refractivity contribution in [2.24, 2.45) is 0 Å². The molecule has 1 amide bonds. The highest BCUT2D eigenvalue weighted by Gasteiger charge is 2.42. The molecule has 1 fully saturated rings. The van der Waals surface area contributed by atoms with Crippen molar-refractivity contribution < 1.29 is 19.4 Å². The second-order valence-electron chi connectivity index (χ2n) is 7.32. The lowest BCUT2D eigenvalue weighted by Crippen LogP contribution is -2.60. The molecule has 0 heterocycles. The molecule has 0 spiro atoms. The number of benzene rings is 1. The van der Waals surface area contributed by atoms with E-state index in [4.69, 9.17) is 4.74 Å². The largest absolute Gasteiger partial charge is 0.480 e. The van der Waals surface area contributed by atoms with E-state index in [1.165, 1.54) is 5.56 Å². The molecule has 6 heteroatoms. The molecule has 0 radical (unpaired) electrons. The highest BCUT2D eigenvalue weighted by Crippen LogP contribution is 2.37. The van der Waals surface area contributed by atoms with Crippen LogP contribution in [-0.2, 0) is 9.53 Å². The Balaban J connectivity index is 1.96. The van der Waals surface area contributed by atoms with Crippen LogP contribution in [0.25, 0.3) is 0 Å². The van der Waals surface area contributed by atoms with Crippen LogP contribution >= 0.6 is 0 Å². The van der Waals surface area contributed by atoms with Gasteiger partial charge in [-0.2, -0.15) is 0 Å². The highest BCUT2D eigenvalue weighted by molar-refractivity contribution is 5.79. The first kappa shape index (κ1) is 18.3. The van der Waals surface area contributed by atoms with Gasteiger partial charge in [0.1, 0.15) is 11.1 Å². The van der Waals surface area contributed by atoms with Gasteiger partial charge in [-0.05, 0) is 57.9 Å². The molecule has 0 aliphatic heterocycles. The van der Waals surface area contributed by atoms with E-state index in [2.05, 4.69) is 23.0 Å². The van der Waals surface area contributed by atoms with Crippen molar-refractivity contribution in [2.45, 2.75) is 63.5 Å². The molecule has 132 valence electrons. The molecule has 0 atom stereocenters. The average Bonchev–Trinajstić information content (AvgIpc) is 2.52. The van der Waals surface area contributed by atoms with Gasteiger partial charge in [0, 0.05) is 0 Å². The molecule has 0 saturated heterocycles. The van der Waals surface area contributed by atoms with Crippen LogP contribution < -0.4 is 10.9 Å². The lowest BCUT2D eigenvalue weighted by Gasteiger charge is -2.37. The Labute approximate surface area is 142 Å². The number of amides is 1. The van der Waals surface area contributed by atoms with Crippen molar-refractivity contribution >= 4 is 12.1 Å². The summed E-state index contributed by atoms with van der Waals surface area (Å²) in [6.07, 6.45) is 1.71. The molecule has 1 aliphatic carbocycles. The van der Waals surface area contributed by atoms with Gasteiger partial charge >= 0.3 is 12.1 Å². The van der Waals surface area contributed by atoms with Gasteiger partial charge in [-0.1, -0.05) is 30.3 Å². The number of carboxylic acid groups (broad SMARTS) is 1. The Morgan fingerprint density at radius 2 is 1.75 bits per heavy atom. The molecular formula is C18H26N2O4. The van der Waals surface area contributed by atoms with Crippen LogP contribution in [0.5, 0.6) is 0 Å². The number of hydrazine groups is 1. The van der Waals surface area contributed by atoms with Gasteiger partial charge in [0.05, 0.1) is 0 Å². The molecule has 1 saturated carbocycles. The van der Waals surface area contributed by atoms with Crippen LogP contribution in [0.1, 0.15) is 57.9 Å². The molecule has 3 N–H and O–H groups in total. The van der Waals surface area contributed by atoms with Crippen LogP contribution in [0.4, 0.5) is 4.79 Å². The summed E-state index contributed by atoms with van der Waals surface area (Å²) in [4.78, 5) is 23.5. The van der Waals surface area contributed by atoms with Gasteiger partial charge in [-0.3, -0.25) is 10.2 Å². The third-order valence-electron chi connectivity index (χ3n) is 4.32. The number of carboxylic acids is 1. The van der Waals surface area contributed by atoms with E-state index in [0.29, 0.717) is 18.8 Å². The fourth-order valence-electron chi connectivity index (χ4n) is 3.04. The summed E-state index contributed by atoms with van der Waals surface area (Å²) in [6, 6.07) is 10.1. The summed E-state index contributed by atoms with van der Waals surface area (Å²) in [6.45, 7) is 5.26. The Morgan fingerprint density at radius 3 is 2.25 bits per heavy atom. The van der Waals surface area contributed by atoms with Crippen molar-refractivity contribution in [3.8, 4) is 0 Å². The van der Waals surface area contributed by atoms with Gasteiger partial charge in [-0.25, -0.2) is 10.2 Å². The molecular weight excluding hydrogens is 308 g/mol. The quantitative estimate of drug-likeness (QED) is 0.736. The van der Waals surface area contributed by atoms with E-state index < -0.39 is 23.2 Å². The second kappa shape index (κ2) is 7.21. The standard InChI is InChI=1S/C18H26N2O4/c1-17(2,3)24-16(23)19-20-18(15(21)22)11-9-14(10-12-18)13-7-5-4-6-8-13/h4-8,14,20H,9-12H2,1-3H3,(H,19,23)(H,21,22). The lowest BCUT2D eigenvalue weighted by atomic mass is 9.74. The minimum atomic E-state index is -1.15. The minimum absolute atomic E-state index is 0.349. The molecule has 0 aromatic heterocycles. The zero-order valence-corrected chi connectivity index (χ0v) is 14.5. The summed E-state index contributed by atoms with van der Waals surface area (Å²) in [5.41, 5.74) is 4.55. The van der Waals surface area contributed by atoms with E-state index in [0.717, 1.165) is 12.8 Å². The first-order valence-electron chi connectivity index (χ1n) is 8.26. The topological polar surface area (TPSA) is 87.7 Å². The van der Waals surface area contributed by atoms with Crippen molar-refractivity contribution in [1.82, 2.24) is 10.9 Å². The Kier molecular flexibility index (Phi) is 5.49. The summed E-state index contributed by atoms with van der Waals surface area (Å²) >= 11 is 0. The third-order valence-corrected chi connectivity index (χ3v) is 4.32. The fourth-order valence-corrected chi connectivity index (χ4v) is 3.04. The number of carbonyl (C=O) groups is 2. The number of hydrogen-bond acceptors (Lipinski definition) is 4. The number of ether oxygens (including phenoxy) is 1. The van der Waals surface area contributed by atoms with Crippen LogP contribution in [0, 0.1) is 0 Å². The van der Waals surface area contributed by atoms with Crippen LogP contribution in [0.2, 0.25) is 0 Å². The molecule has 1 aliphatic rings. The number of rotatable bonds is 4. The maximum absolute atomic E-state index is 11.8. The lowest BCUT2D eigenvalue weighted by molar-refractivity contribution is -0.147. The molecule has 24 heavy (non-hydrogen) atoms. The zero-order valence-electron chi connectivity index (χ0n) is 14.5. The van der Waals surface area contributed by atoms with Crippen molar-refractivity contribution in [2.75, 3.05) is 0 Å². The monoisotopic (exact) mass is 334 g/mol. The second-order valence-corrected chi connectivity index (χ2v) is 7.32. The fraction of sp³-hybridized carbons (Fsp3) is 0.556. The van der Waals surface area contributed by atoms with Crippen LogP contribution in [0.15, 0.2) is 30.3 Å². The van der Waals surface area contributed by atoms with Crippen LogP contribution in [-0.4, -0.2) is 28.3 Å². The van der Waals surface area contributed by atoms with Gasteiger partial charge < -0.3 is 9.84 Å². The first-order chi connectivity index (χ1) is 11.2. The molecule has 1 aromatic carbocycles. The highest BCUT2D eigenvalue weighted by atomic mass is 16.6. The normalized spacial score (nSPS) is 24.2.